The first-order valence-electron chi connectivity index (χ1n) is 10.1. The van der Waals surface area contributed by atoms with E-state index in [2.05, 4.69) is 31.0 Å². The van der Waals surface area contributed by atoms with Crippen LogP contribution in [-0.4, -0.2) is 59.5 Å². The molecule has 0 bridgehead atoms. The van der Waals surface area contributed by atoms with Crippen LogP contribution in [-0.2, 0) is 9.57 Å². The van der Waals surface area contributed by atoms with E-state index in [0.29, 0.717) is 55.0 Å². The highest BCUT2D eigenvalue weighted by Gasteiger charge is 2.23. The number of nitrogens with zero attached hydrogens (tertiary/aromatic N) is 4. The van der Waals surface area contributed by atoms with Gasteiger partial charge in [-0.05, 0) is 5.56 Å². The summed E-state index contributed by atoms with van der Waals surface area (Å²) in [6.45, 7) is 2.44. The van der Waals surface area contributed by atoms with Gasteiger partial charge in [-0.2, -0.15) is 10.1 Å². The van der Waals surface area contributed by atoms with Gasteiger partial charge < -0.3 is 19.4 Å². The zero-order valence-corrected chi connectivity index (χ0v) is 17.3. The minimum absolute atomic E-state index is 0.0777. The number of fused-ring (bicyclic) bond motifs is 1. The first-order valence-corrected chi connectivity index (χ1v) is 10.1. The molecular formula is C21H21N7O4. The first-order chi connectivity index (χ1) is 15.7. The van der Waals surface area contributed by atoms with E-state index in [9.17, 15) is 4.79 Å². The van der Waals surface area contributed by atoms with Gasteiger partial charge in [0.25, 0.3) is 0 Å². The van der Waals surface area contributed by atoms with Gasteiger partial charge in [-0.3, -0.25) is 14.7 Å². The van der Waals surface area contributed by atoms with Gasteiger partial charge in [0, 0.05) is 25.2 Å². The zero-order valence-electron chi connectivity index (χ0n) is 17.3. The molecule has 0 atom stereocenters. The number of H-pyrrole nitrogens is 1. The number of anilines is 3. The van der Waals surface area contributed by atoms with Crippen molar-refractivity contribution in [1.29, 1.82) is 0 Å². The largest absolute Gasteiger partial charge is 0.445 e. The molecule has 11 nitrogen and oxygen atoms in total. The number of carbonyl (C=O) groups excluding carboxylic acids is 1. The second-order valence-corrected chi connectivity index (χ2v) is 7.09. The van der Waals surface area contributed by atoms with Crippen molar-refractivity contribution in [3.63, 3.8) is 0 Å². The maximum Gasteiger partial charge on any atom is 0.310 e. The number of nitrogens with one attached hydrogen (secondary N) is 3. The molecule has 4 aromatic rings. The van der Waals surface area contributed by atoms with Gasteiger partial charge >= 0.3 is 5.91 Å². The second-order valence-electron chi connectivity index (χ2n) is 7.09. The SMILES string of the molecule is CONC(=O)c1cc2nc(Nc3cc(-c4ccccc4)[nH]n3)nc(N3CCOCC3)c2o1. The van der Waals surface area contributed by atoms with Crippen LogP contribution in [0.4, 0.5) is 17.6 Å². The van der Waals surface area contributed by atoms with Crippen molar-refractivity contribution in [3.05, 3.63) is 48.2 Å². The molecule has 3 aromatic heterocycles. The molecular weight excluding hydrogens is 414 g/mol. The number of morpholine rings is 1. The van der Waals surface area contributed by atoms with E-state index in [1.54, 1.807) is 6.07 Å². The van der Waals surface area contributed by atoms with Crippen LogP contribution in [0.25, 0.3) is 22.4 Å². The zero-order chi connectivity index (χ0) is 21.9. The van der Waals surface area contributed by atoms with Crippen molar-refractivity contribution in [2.75, 3.05) is 43.6 Å². The summed E-state index contributed by atoms with van der Waals surface area (Å²) in [4.78, 5) is 28.1. The van der Waals surface area contributed by atoms with Crippen LogP contribution in [0.15, 0.2) is 46.9 Å². The van der Waals surface area contributed by atoms with E-state index >= 15 is 0 Å². The Hall–Kier alpha value is -3.96. The van der Waals surface area contributed by atoms with Gasteiger partial charge in [0.15, 0.2) is 23.0 Å². The lowest BCUT2D eigenvalue weighted by atomic mass is 10.2. The minimum atomic E-state index is -0.507. The van der Waals surface area contributed by atoms with E-state index in [-0.39, 0.29) is 5.76 Å². The minimum Gasteiger partial charge on any atom is -0.445 e. The fraction of sp³-hybridized carbons (Fsp3) is 0.238. The Bertz CT molecular complexity index is 1230. The van der Waals surface area contributed by atoms with Crippen molar-refractivity contribution in [3.8, 4) is 11.3 Å². The molecule has 1 saturated heterocycles. The van der Waals surface area contributed by atoms with Crippen molar-refractivity contribution in [1.82, 2.24) is 25.6 Å². The maximum atomic E-state index is 12.2. The van der Waals surface area contributed by atoms with Crippen LogP contribution >= 0.6 is 0 Å². The van der Waals surface area contributed by atoms with Crippen LogP contribution in [0, 0.1) is 0 Å². The van der Waals surface area contributed by atoms with Gasteiger partial charge in [-0.1, -0.05) is 30.3 Å². The summed E-state index contributed by atoms with van der Waals surface area (Å²) in [5.41, 5.74) is 5.04. The summed E-state index contributed by atoms with van der Waals surface area (Å²) in [5, 5.41) is 10.5. The highest BCUT2D eigenvalue weighted by atomic mass is 16.6. The second kappa shape index (κ2) is 8.65. The Labute approximate surface area is 182 Å². The van der Waals surface area contributed by atoms with Crippen LogP contribution < -0.4 is 15.7 Å². The van der Waals surface area contributed by atoms with Crippen molar-refractivity contribution in [2.45, 2.75) is 0 Å². The summed E-state index contributed by atoms with van der Waals surface area (Å²) in [5.74, 6) is 1.05. The number of carbonyl (C=O) groups is 1. The van der Waals surface area contributed by atoms with Gasteiger partial charge in [0.1, 0.15) is 5.52 Å². The average Bonchev–Trinajstić information content (AvgIpc) is 3.47. The Morgan fingerprint density at radius 2 is 1.97 bits per heavy atom. The number of hydrogen-bond donors (Lipinski definition) is 3. The lowest BCUT2D eigenvalue weighted by Crippen LogP contribution is -2.37. The number of rotatable bonds is 6. The molecule has 1 aromatic carbocycles. The number of aromatic nitrogens is 4. The quantitative estimate of drug-likeness (QED) is 0.391. The van der Waals surface area contributed by atoms with E-state index < -0.39 is 5.91 Å². The number of furan rings is 1. The Kier molecular flexibility index (Phi) is 5.40. The highest BCUT2D eigenvalue weighted by molar-refractivity contribution is 5.97. The number of amides is 1. The molecule has 1 fully saturated rings. The molecule has 5 rings (SSSR count). The standard InChI is InChI=1S/C21H21N7O4/c1-30-27-20(29)16-11-15-18(32-16)19(28-7-9-31-10-8-28)24-21(22-15)23-17-12-14(25-26-17)13-5-3-2-4-6-13/h2-6,11-12H,7-10H2,1H3,(H,27,29)(H2,22,23,24,25,26). The lowest BCUT2D eigenvalue weighted by Gasteiger charge is -2.27. The molecule has 1 aliphatic rings. The van der Waals surface area contributed by atoms with Crippen LogP contribution in [0.5, 0.6) is 0 Å². The molecule has 0 radical (unpaired) electrons. The Morgan fingerprint density at radius 1 is 1.16 bits per heavy atom. The fourth-order valence-corrected chi connectivity index (χ4v) is 3.48. The summed E-state index contributed by atoms with van der Waals surface area (Å²) < 4.78 is 11.2. The van der Waals surface area contributed by atoms with E-state index in [4.69, 9.17) is 14.0 Å². The molecule has 1 amide bonds. The first kappa shape index (κ1) is 20.0. The summed E-state index contributed by atoms with van der Waals surface area (Å²) >= 11 is 0. The summed E-state index contributed by atoms with van der Waals surface area (Å²) in [6.07, 6.45) is 0. The lowest BCUT2D eigenvalue weighted by molar-refractivity contribution is 0.0512. The monoisotopic (exact) mass is 435 g/mol. The molecule has 0 aliphatic carbocycles. The van der Waals surface area contributed by atoms with Gasteiger partial charge in [0.05, 0.1) is 26.0 Å². The predicted molar refractivity (Wildman–Crippen MR) is 117 cm³/mol. The van der Waals surface area contributed by atoms with Gasteiger partial charge in [0.2, 0.25) is 5.95 Å². The molecule has 0 unspecified atom stereocenters. The number of ether oxygens (including phenoxy) is 1. The maximum absolute atomic E-state index is 12.2. The molecule has 32 heavy (non-hydrogen) atoms. The van der Waals surface area contributed by atoms with Crippen LogP contribution in [0.3, 0.4) is 0 Å². The van der Waals surface area contributed by atoms with Gasteiger partial charge in [-0.15, -0.1) is 0 Å². The third-order valence-electron chi connectivity index (χ3n) is 4.99. The molecule has 164 valence electrons. The molecule has 3 N–H and O–H groups in total. The number of benzene rings is 1. The normalized spacial score (nSPS) is 14.0. The molecule has 0 saturated carbocycles. The van der Waals surface area contributed by atoms with Crippen molar-refractivity contribution < 1.29 is 18.8 Å². The smallest absolute Gasteiger partial charge is 0.310 e. The fourth-order valence-electron chi connectivity index (χ4n) is 3.48. The highest BCUT2D eigenvalue weighted by Crippen LogP contribution is 2.30. The van der Waals surface area contributed by atoms with E-state index in [1.165, 1.54) is 7.11 Å². The number of hydroxylamine groups is 1. The van der Waals surface area contributed by atoms with Crippen LogP contribution in [0.2, 0.25) is 0 Å². The van der Waals surface area contributed by atoms with Crippen LogP contribution in [0.1, 0.15) is 10.6 Å². The van der Waals surface area contributed by atoms with Crippen molar-refractivity contribution in [2.24, 2.45) is 0 Å². The average molecular weight is 435 g/mol. The van der Waals surface area contributed by atoms with Crippen molar-refractivity contribution >= 4 is 34.6 Å². The molecule has 0 spiro atoms. The third kappa shape index (κ3) is 3.98. The Morgan fingerprint density at radius 3 is 2.75 bits per heavy atom. The van der Waals surface area contributed by atoms with E-state index in [0.717, 1.165) is 11.3 Å². The number of aromatic amines is 1. The van der Waals surface area contributed by atoms with Gasteiger partial charge in [-0.25, -0.2) is 10.5 Å². The summed E-state index contributed by atoms with van der Waals surface area (Å²) in [7, 11) is 1.36. The summed E-state index contributed by atoms with van der Waals surface area (Å²) in [6, 6.07) is 13.3. The topological polar surface area (TPSA) is 130 Å². The third-order valence-corrected chi connectivity index (χ3v) is 4.99. The number of hydrogen-bond acceptors (Lipinski definition) is 9. The molecule has 11 heteroatoms. The molecule has 1 aliphatic heterocycles. The Balaban J connectivity index is 1.50. The predicted octanol–water partition coefficient (Wildman–Crippen LogP) is 2.48. The van der Waals surface area contributed by atoms with E-state index in [1.807, 2.05) is 41.3 Å². The molecule has 4 heterocycles.